The average Bonchev–Trinajstić information content (AvgIpc) is 2.98. The van der Waals surface area contributed by atoms with E-state index in [1.165, 1.54) is 13.4 Å². The number of furan rings is 1. The summed E-state index contributed by atoms with van der Waals surface area (Å²) in [6, 6.07) is 9.13. The largest absolute Gasteiger partial charge is 0.469 e. The van der Waals surface area contributed by atoms with Crippen LogP contribution >= 0.6 is 0 Å². The Morgan fingerprint density at radius 3 is 2.73 bits per heavy atom. The second-order valence-corrected chi connectivity index (χ2v) is 5.27. The van der Waals surface area contributed by atoms with Crippen LogP contribution < -0.4 is 4.90 Å². The van der Waals surface area contributed by atoms with Crippen LogP contribution in [-0.4, -0.2) is 25.5 Å². The quantitative estimate of drug-likeness (QED) is 0.800. The number of rotatable bonds is 2. The maximum Gasteiger partial charge on any atom is 0.313 e. The van der Waals surface area contributed by atoms with Crippen LogP contribution in [0.2, 0.25) is 0 Å². The minimum Gasteiger partial charge on any atom is -0.469 e. The third kappa shape index (κ3) is 2.28. The first-order valence-electron chi connectivity index (χ1n) is 7.16. The molecular formula is C17H17NO4. The number of methoxy groups -OCH3 is 1. The highest BCUT2D eigenvalue weighted by Crippen LogP contribution is 2.36. The molecule has 0 N–H and O–H groups in total. The van der Waals surface area contributed by atoms with Gasteiger partial charge in [0, 0.05) is 12.2 Å². The zero-order valence-electron chi connectivity index (χ0n) is 12.5. The van der Waals surface area contributed by atoms with E-state index in [-0.39, 0.29) is 17.8 Å². The van der Waals surface area contributed by atoms with Crippen molar-refractivity contribution < 1.29 is 18.7 Å². The number of esters is 1. The summed E-state index contributed by atoms with van der Waals surface area (Å²) in [4.78, 5) is 26.4. The van der Waals surface area contributed by atoms with Crippen LogP contribution in [0.1, 0.15) is 34.0 Å². The van der Waals surface area contributed by atoms with Gasteiger partial charge in [-0.05, 0) is 31.0 Å². The van der Waals surface area contributed by atoms with Gasteiger partial charge in [-0.1, -0.05) is 18.2 Å². The first kappa shape index (κ1) is 14.4. The Balaban J connectivity index is 2.00. The predicted molar refractivity (Wildman–Crippen MR) is 80.9 cm³/mol. The normalized spacial score (nSPS) is 17.0. The Hall–Kier alpha value is -2.56. The molecule has 2 heterocycles. The standard InChI is InChI=1S/C17H17NO4/c1-11-12(8-10-22-11)16(19)18-9-7-14(17(20)21-2)13-5-3-4-6-15(13)18/h3-6,8,10,14H,7,9H2,1-2H3. The van der Waals surface area contributed by atoms with Gasteiger partial charge in [-0.2, -0.15) is 0 Å². The van der Waals surface area contributed by atoms with E-state index in [2.05, 4.69) is 0 Å². The van der Waals surface area contributed by atoms with Gasteiger partial charge < -0.3 is 14.1 Å². The zero-order valence-corrected chi connectivity index (χ0v) is 12.5. The van der Waals surface area contributed by atoms with Gasteiger partial charge in [0.15, 0.2) is 0 Å². The number of ether oxygens (including phenoxy) is 1. The minimum absolute atomic E-state index is 0.109. The topological polar surface area (TPSA) is 59.8 Å². The van der Waals surface area contributed by atoms with Crippen LogP contribution in [-0.2, 0) is 9.53 Å². The number of aryl methyl sites for hydroxylation is 1. The maximum absolute atomic E-state index is 12.7. The molecular weight excluding hydrogens is 282 g/mol. The Kier molecular flexibility index (Phi) is 3.71. The Morgan fingerprint density at radius 1 is 1.27 bits per heavy atom. The molecule has 0 aliphatic carbocycles. The van der Waals surface area contributed by atoms with E-state index in [1.807, 2.05) is 24.3 Å². The van der Waals surface area contributed by atoms with E-state index < -0.39 is 0 Å². The molecule has 0 saturated heterocycles. The molecule has 5 heteroatoms. The van der Waals surface area contributed by atoms with Crippen molar-refractivity contribution in [1.82, 2.24) is 0 Å². The van der Waals surface area contributed by atoms with Crippen LogP contribution in [0.5, 0.6) is 0 Å². The van der Waals surface area contributed by atoms with Crippen LogP contribution in [0, 0.1) is 6.92 Å². The van der Waals surface area contributed by atoms with Gasteiger partial charge >= 0.3 is 5.97 Å². The van der Waals surface area contributed by atoms with Gasteiger partial charge in [0.2, 0.25) is 0 Å². The first-order chi connectivity index (χ1) is 10.6. The van der Waals surface area contributed by atoms with E-state index >= 15 is 0 Å². The second kappa shape index (κ2) is 5.67. The number of carbonyl (C=O) groups excluding carboxylic acids is 2. The van der Waals surface area contributed by atoms with E-state index in [1.54, 1.807) is 17.9 Å². The molecule has 1 aliphatic rings. The van der Waals surface area contributed by atoms with Gasteiger partial charge in [-0.15, -0.1) is 0 Å². The summed E-state index contributed by atoms with van der Waals surface area (Å²) in [6.45, 7) is 2.24. The average molecular weight is 299 g/mol. The zero-order chi connectivity index (χ0) is 15.7. The molecule has 0 saturated carbocycles. The molecule has 0 spiro atoms. The number of para-hydroxylation sites is 1. The second-order valence-electron chi connectivity index (χ2n) is 5.27. The molecule has 0 bridgehead atoms. The third-order valence-electron chi connectivity index (χ3n) is 4.06. The summed E-state index contributed by atoms with van der Waals surface area (Å²) in [5.41, 5.74) is 2.14. The van der Waals surface area contributed by atoms with Crippen molar-refractivity contribution >= 4 is 17.6 Å². The lowest BCUT2D eigenvalue weighted by molar-refractivity contribution is -0.142. The summed E-state index contributed by atoms with van der Waals surface area (Å²) >= 11 is 0. The number of anilines is 1. The lowest BCUT2D eigenvalue weighted by atomic mass is 9.89. The summed E-state index contributed by atoms with van der Waals surface area (Å²) in [7, 11) is 1.39. The van der Waals surface area contributed by atoms with Gasteiger partial charge in [0.05, 0.1) is 24.9 Å². The highest BCUT2D eigenvalue weighted by Gasteiger charge is 2.34. The summed E-state index contributed by atoms with van der Waals surface area (Å²) in [6.07, 6.45) is 2.06. The van der Waals surface area contributed by atoms with E-state index in [4.69, 9.17) is 9.15 Å². The number of nitrogens with zero attached hydrogens (tertiary/aromatic N) is 1. The predicted octanol–water partition coefficient (Wildman–Crippen LogP) is 2.90. The SMILES string of the molecule is COC(=O)C1CCN(C(=O)c2ccoc2C)c2ccccc21. The van der Waals surface area contributed by atoms with Crippen molar-refractivity contribution in [3.63, 3.8) is 0 Å². The molecule has 22 heavy (non-hydrogen) atoms. The third-order valence-corrected chi connectivity index (χ3v) is 4.06. The first-order valence-corrected chi connectivity index (χ1v) is 7.16. The highest BCUT2D eigenvalue weighted by atomic mass is 16.5. The van der Waals surface area contributed by atoms with Gasteiger partial charge in [0.25, 0.3) is 5.91 Å². The van der Waals surface area contributed by atoms with Gasteiger partial charge in [-0.25, -0.2) is 0 Å². The number of hydrogen-bond donors (Lipinski definition) is 0. The molecule has 2 aromatic rings. The van der Waals surface area contributed by atoms with E-state index in [0.717, 1.165) is 11.3 Å². The summed E-state index contributed by atoms with van der Waals surface area (Å²) < 4.78 is 10.1. The van der Waals surface area contributed by atoms with Crippen molar-refractivity contribution in [3.05, 3.63) is 53.5 Å². The van der Waals surface area contributed by atoms with Crippen molar-refractivity contribution in [2.24, 2.45) is 0 Å². The fourth-order valence-corrected chi connectivity index (χ4v) is 2.91. The van der Waals surface area contributed by atoms with Gasteiger partial charge in [-0.3, -0.25) is 9.59 Å². The summed E-state index contributed by atoms with van der Waals surface area (Å²) in [5.74, 6) is -0.102. The Bertz CT molecular complexity index is 719. The fraction of sp³-hybridized carbons (Fsp3) is 0.294. The monoisotopic (exact) mass is 299 g/mol. The lowest BCUT2D eigenvalue weighted by Crippen LogP contribution is -2.38. The van der Waals surface area contributed by atoms with Crippen LogP contribution in [0.3, 0.4) is 0 Å². The smallest absolute Gasteiger partial charge is 0.313 e. The van der Waals surface area contributed by atoms with Crippen LogP contribution in [0.15, 0.2) is 41.0 Å². The van der Waals surface area contributed by atoms with Crippen LogP contribution in [0.25, 0.3) is 0 Å². The lowest BCUT2D eigenvalue weighted by Gasteiger charge is -2.33. The molecule has 5 nitrogen and oxygen atoms in total. The molecule has 1 aromatic heterocycles. The number of fused-ring (bicyclic) bond motifs is 1. The minimum atomic E-state index is -0.323. The van der Waals surface area contributed by atoms with Crippen molar-refractivity contribution in [2.75, 3.05) is 18.6 Å². The number of carbonyl (C=O) groups is 2. The molecule has 0 radical (unpaired) electrons. The number of benzene rings is 1. The summed E-state index contributed by atoms with van der Waals surface area (Å²) in [5, 5.41) is 0. The van der Waals surface area contributed by atoms with E-state index in [9.17, 15) is 9.59 Å². The Morgan fingerprint density at radius 2 is 2.05 bits per heavy atom. The van der Waals surface area contributed by atoms with Crippen molar-refractivity contribution in [3.8, 4) is 0 Å². The van der Waals surface area contributed by atoms with Gasteiger partial charge in [0.1, 0.15) is 5.76 Å². The molecule has 114 valence electrons. The van der Waals surface area contributed by atoms with Crippen molar-refractivity contribution in [2.45, 2.75) is 19.3 Å². The van der Waals surface area contributed by atoms with E-state index in [0.29, 0.717) is 24.3 Å². The fourth-order valence-electron chi connectivity index (χ4n) is 2.91. The Labute approximate surface area is 128 Å². The molecule has 1 aliphatic heterocycles. The number of amides is 1. The van der Waals surface area contributed by atoms with Crippen molar-refractivity contribution in [1.29, 1.82) is 0 Å². The highest BCUT2D eigenvalue weighted by molar-refractivity contribution is 6.08. The molecule has 0 fully saturated rings. The molecule has 1 unspecified atom stereocenters. The molecule has 3 rings (SSSR count). The molecule has 1 aromatic carbocycles. The molecule has 1 atom stereocenters. The maximum atomic E-state index is 12.7. The number of hydrogen-bond acceptors (Lipinski definition) is 4. The molecule has 1 amide bonds. The van der Waals surface area contributed by atoms with Crippen LogP contribution in [0.4, 0.5) is 5.69 Å².